The number of aliphatic imine (C=N–C) groups is 1. The van der Waals surface area contributed by atoms with E-state index in [0.29, 0.717) is 12.8 Å². The normalized spacial score (nSPS) is 26.5. The molecule has 21 heavy (non-hydrogen) atoms. The van der Waals surface area contributed by atoms with Crippen molar-refractivity contribution in [3.8, 4) is 0 Å². The Bertz CT molecular complexity index is 444. The number of carbonyl (C=O) groups excluding carboxylic acids is 1. The Hall–Kier alpha value is -2.05. The molecule has 1 saturated carbocycles. The second-order valence-electron chi connectivity index (χ2n) is 5.35. The first-order valence-electron chi connectivity index (χ1n) is 7.10. The smallest absolute Gasteiger partial charge is 0.306 e. The van der Waals surface area contributed by atoms with Crippen molar-refractivity contribution < 1.29 is 14.7 Å². The summed E-state index contributed by atoms with van der Waals surface area (Å²) in [7, 11) is 0. The van der Waals surface area contributed by atoms with E-state index < -0.39 is 11.9 Å². The number of aliphatic carboxylic acids is 1. The lowest BCUT2D eigenvalue weighted by molar-refractivity contribution is -0.141. The molecule has 7 nitrogen and oxygen atoms in total. The molecule has 4 atom stereocenters. The van der Waals surface area contributed by atoms with Crippen molar-refractivity contribution in [3.05, 3.63) is 12.2 Å². The quantitative estimate of drug-likeness (QED) is 0.316. The van der Waals surface area contributed by atoms with Crippen LogP contribution < -0.4 is 16.8 Å². The molecule has 1 fully saturated rings. The summed E-state index contributed by atoms with van der Waals surface area (Å²) in [5.41, 5.74) is 10.9. The standard InChI is InChI=1S/C14H24N4O3/c1-3-4-5-11(17-8(2)19)10-6-9(13(20)21)7-12(10)18-14(15)16/h4-5,9-12H,3,6-7H2,1-2H3,(H,17,19)(H,20,21)(H4,15,16,18)/t9?,10-,11?,12+/m1/s1. The maximum atomic E-state index is 11.4. The van der Waals surface area contributed by atoms with Gasteiger partial charge in [0.05, 0.1) is 18.0 Å². The Morgan fingerprint density at radius 3 is 2.57 bits per heavy atom. The number of nitrogens with two attached hydrogens (primary N) is 2. The zero-order valence-electron chi connectivity index (χ0n) is 12.5. The van der Waals surface area contributed by atoms with E-state index in [4.69, 9.17) is 11.5 Å². The fourth-order valence-electron chi connectivity index (χ4n) is 2.79. The predicted octanol–water partition coefficient (Wildman–Crippen LogP) is 0.210. The number of hydrogen-bond acceptors (Lipinski definition) is 3. The number of hydrogen-bond donors (Lipinski definition) is 4. The molecule has 0 saturated heterocycles. The maximum absolute atomic E-state index is 11.4. The van der Waals surface area contributed by atoms with Gasteiger partial charge in [-0.25, -0.2) is 4.99 Å². The number of rotatable bonds is 6. The number of nitrogens with zero attached hydrogens (tertiary/aromatic N) is 1. The monoisotopic (exact) mass is 296 g/mol. The molecule has 1 rings (SSSR count). The summed E-state index contributed by atoms with van der Waals surface area (Å²) in [4.78, 5) is 26.7. The minimum Gasteiger partial charge on any atom is -0.481 e. The Morgan fingerprint density at radius 1 is 1.43 bits per heavy atom. The lowest BCUT2D eigenvalue weighted by atomic mass is 9.93. The van der Waals surface area contributed by atoms with Gasteiger partial charge in [0.2, 0.25) is 5.91 Å². The average Bonchev–Trinajstić information content (AvgIpc) is 2.77. The Balaban J connectivity index is 2.99. The van der Waals surface area contributed by atoms with E-state index in [1.54, 1.807) is 0 Å². The third kappa shape index (κ3) is 5.09. The third-order valence-electron chi connectivity index (χ3n) is 3.65. The molecule has 0 heterocycles. The van der Waals surface area contributed by atoms with Crippen LogP contribution >= 0.6 is 0 Å². The first kappa shape index (κ1) is 17.0. The molecule has 118 valence electrons. The van der Waals surface area contributed by atoms with Gasteiger partial charge in [-0.05, 0) is 19.3 Å². The van der Waals surface area contributed by atoms with Gasteiger partial charge in [-0.1, -0.05) is 19.1 Å². The number of allylic oxidation sites excluding steroid dienone is 1. The number of carboxylic acids is 1. The van der Waals surface area contributed by atoms with Gasteiger partial charge in [0, 0.05) is 12.8 Å². The van der Waals surface area contributed by atoms with Gasteiger partial charge in [-0.2, -0.15) is 0 Å². The molecule has 0 aromatic heterocycles. The van der Waals surface area contributed by atoms with Gasteiger partial charge in [-0.15, -0.1) is 0 Å². The number of amides is 1. The molecule has 0 aliphatic heterocycles. The summed E-state index contributed by atoms with van der Waals surface area (Å²) >= 11 is 0. The van der Waals surface area contributed by atoms with Crippen molar-refractivity contribution in [1.29, 1.82) is 0 Å². The van der Waals surface area contributed by atoms with Gasteiger partial charge in [0.1, 0.15) is 0 Å². The summed E-state index contributed by atoms with van der Waals surface area (Å²) in [6.07, 6.45) is 5.49. The van der Waals surface area contributed by atoms with Crippen LogP contribution in [0.25, 0.3) is 0 Å². The highest BCUT2D eigenvalue weighted by Crippen LogP contribution is 2.36. The van der Waals surface area contributed by atoms with Crippen molar-refractivity contribution in [3.63, 3.8) is 0 Å². The molecule has 7 heteroatoms. The van der Waals surface area contributed by atoms with Crippen LogP contribution in [0.5, 0.6) is 0 Å². The van der Waals surface area contributed by atoms with Crippen LogP contribution in [-0.4, -0.2) is 35.0 Å². The summed E-state index contributed by atoms with van der Waals surface area (Å²) < 4.78 is 0. The molecule has 0 spiro atoms. The fraction of sp³-hybridized carbons (Fsp3) is 0.643. The zero-order chi connectivity index (χ0) is 16.0. The number of carboxylic acid groups (broad SMARTS) is 1. The maximum Gasteiger partial charge on any atom is 0.306 e. The van der Waals surface area contributed by atoms with E-state index in [0.717, 1.165) is 6.42 Å². The van der Waals surface area contributed by atoms with Crippen LogP contribution in [0.3, 0.4) is 0 Å². The minimum atomic E-state index is -0.852. The Kier molecular flexibility index (Phi) is 6.20. The zero-order valence-corrected chi connectivity index (χ0v) is 12.5. The lowest BCUT2D eigenvalue weighted by Crippen LogP contribution is -2.41. The van der Waals surface area contributed by atoms with Gasteiger partial charge in [0.15, 0.2) is 5.96 Å². The van der Waals surface area contributed by atoms with Crippen molar-refractivity contribution in [2.45, 2.75) is 45.2 Å². The van der Waals surface area contributed by atoms with E-state index in [9.17, 15) is 14.7 Å². The first-order valence-corrected chi connectivity index (χ1v) is 7.10. The molecule has 1 amide bonds. The molecule has 6 N–H and O–H groups in total. The molecule has 1 aliphatic carbocycles. The molecular formula is C14H24N4O3. The van der Waals surface area contributed by atoms with Gasteiger partial charge in [0.25, 0.3) is 0 Å². The van der Waals surface area contributed by atoms with Crippen molar-refractivity contribution in [2.24, 2.45) is 28.3 Å². The van der Waals surface area contributed by atoms with Crippen LogP contribution in [0.15, 0.2) is 17.1 Å². The van der Waals surface area contributed by atoms with Crippen molar-refractivity contribution >= 4 is 17.8 Å². The minimum absolute atomic E-state index is 0.0583. The topological polar surface area (TPSA) is 131 Å². The van der Waals surface area contributed by atoms with E-state index in [-0.39, 0.29) is 29.9 Å². The van der Waals surface area contributed by atoms with Crippen molar-refractivity contribution in [1.82, 2.24) is 5.32 Å². The highest BCUT2D eigenvalue weighted by Gasteiger charge is 2.41. The van der Waals surface area contributed by atoms with E-state index >= 15 is 0 Å². The fourth-order valence-corrected chi connectivity index (χ4v) is 2.79. The molecule has 2 unspecified atom stereocenters. The Labute approximate surface area is 124 Å². The third-order valence-corrected chi connectivity index (χ3v) is 3.65. The van der Waals surface area contributed by atoms with Crippen molar-refractivity contribution in [2.75, 3.05) is 0 Å². The van der Waals surface area contributed by atoms with Gasteiger partial charge >= 0.3 is 5.97 Å². The Morgan fingerprint density at radius 2 is 2.10 bits per heavy atom. The molecule has 0 bridgehead atoms. The van der Waals surface area contributed by atoms with Gasteiger partial charge < -0.3 is 21.9 Å². The number of carbonyl (C=O) groups is 2. The summed E-state index contributed by atoms with van der Waals surface area (Å²) in [6.45, 7) is 3.43. The highest BCUT2D eigenvalue weighted by molar-refractivity contribution is 5.76. The van der Waals surface area contributed by atoms with Crippen LogP contribution in [-0.2, 0) is 9.59 Å². The van der Waals surface area contributed by atoms with Crippen LogP contribution in [0, 0.1) is 11.8 Å². The summed E-state index contributed by atoms with van der Waals surface area (Å²) in [6, 6.07) is -0.561. The van der Waals surface area contributed by atoms with E-state index in [1.807, 2.05) is 19.1 Å². The molecule has 0 aromatic rings. The molecule has 0 radical (unpaired) electrons. The lowest BCUT2D eigenvalue weighted by Gasteiger charge is -2.25. The molecule has 1 aliphatic rings. The van der Waals surface area contributed by atoms with Crippen LogP contribution in [0.1, 0.15) is 33.1 Å². The second kappa shape index (κ2) is 7.66. The van der Waals surface area contributed by atoms with Crippen LogP contribution in [0.2, 0.25) is 0 Å². The summed E-state index contributed by atoms with van der Waals surface area (Å²) in [5.74, 6) is -1.69. The largest absolute Gasteiger partial charge is 0.481 e. The SMILES string of the molecule is CCC=CC(NC(C)=O)[C@H]1CC(C(=O)O)C[C@@H]1N=C(N)N. The van der Waals surface area contributed by atoms with E-state index in [2.05, 4.69) is 10.3 Å². The van der Waals surface area contributed by atoms with Crippen LogP contribution in [0.4, 0.5) is 0 Å². The molecule has 0 aromatic carbocycles. The summed E-state index contributed by atoms with van der Waals surface area (Å²) in [5, 5.41) is 12.1. The second-order valence-corrected chi connectivity index (χ2v) is 5.35. The van der Waals surface area contributed by atoms with E-state index in [1.165, 1.54) is 6.92 Å². The first-order chi connectivity index (χ1) is 9.85. The predicted molar refractivity (Wildman–Crippen MR) is 80.5 cm³/mol. The molecular weight excluding hydrogens is 272 g/mol. The average molecular weight is 296 g/mol. The highest BCUT2D eigenvalue weighted by atomic mass is 16.4. The van der Waals surface area contributed by atoms with Gasteiger partial charge in [-0.3, -0.25) is 9.59 Å². The number of nitrogens with one attached hydrogen (secondary N) is 1. The number of guanidine groups is 1.